The Morgan fingerprint density at radius 2 is 1.73 bits per heavy atom. The van der Waals surface area contributed by atoms with Crippen LogP contribution in [0.1, 0.15) is 21.5 Å². The van der Waals surface area contributed by atoms with Crippen LogP contribution in [-0.2, 0) is 4.74 Å². The molecule has 0 atom stereocenters. The SMILES string of the molecule is Cc1cccc(C)c1Nc1ncc2cc(-c3cccc(NC(=O)c4ccnc(N5CCOCC5)c4)c3)c(O)cc2n1. The van der Waals surface area contributed by atoms with Crippen LogP contribution in [0.3, 0.4) is 0 Å². The second kappa shape index (κ2) is 11.2. The maximum absolute atomic E-state index is 13.1. The fourth-order valence-electron chi connectivity index (χ4n) is 4.98. The van der Waals surface area contributed by atoms with Crippen molar-refractivity contribution in [2.45, 2.75) is 13.8 Å². The summed E-state index contributed by atoms with van der Waals surface area (Å²) < 4.78 is 5.42. The highest BCUT2D eigenvalue weighted by Gasteiger charge is 2.16. The fraction of sp³-hybridized carbons (Fsp3) is 0.188. The molecule has 1 amide bonds. The van der Waals surface area contributed by atoms with E-state index in [1.54, 1.807) is 30.6 Å². The van der Waals surface area contributed by atoms with Crippen molar-refractivity contribution in [2.24, 2.45) is 0 Å². The number of amides is 1. The average Bonchev–Trinajstić information content (AvgIpc) is 2.99. The first kappa shape index (κ1) is 26.2. The number of benzene rings is 3. The summed E-state index contributed by atoms with van der Waals surface area (Å²) in [6.45, 7) is 6.83. The van der Waals surface area contributed by atoms with Crippen molar-refractivity contribution in [2.75, 3.05) is 41.8 Å². The summed E-state index contributed by atoms with van der Waals surface area (Å²) >= 11 is 0. The molecule has 6 rings (SSSR count). The molecule has 0 saturated carbocycles. The van der Waals surface area contributed by atoms with E-state index in [1.807, 2.05) is 62.4 Å². The molecule has 3 aromatic carbocycles. The molecule has 3 heterocycles. The number of phenolic OH excluding ortho intramolecular Hbond substituents is 1. The molecule has 2 aromatic heterocycles. The molecule has 206 valence electrons. The van der Waals surface area contributed by atoms with Gasteiger partial charge in [0, 0.05) is 59.4 Å². The van der Waals surface area contributed by atoms with Gasteiger partial charge in [-0.15, -0.1) is 0 Å². The number of pyridine rings is 1. The zero-order valence-corrected chi connectivity index (χ0v) is 22.9. The Morgan fingerprint density at radius 3 is 2.54 bits per heavy atom. The number of aryl methyl sites for hydroxylation is 2. The Labute approximate surface area is 237 Å². The molecular formula is C32H30N6O3. The first-order valence-corrected chi connectivity index (χ1v) is 13.5. The van der Waals surface area contributed by atoms with Gasteiger partial charge < -0.3 is 25.4 Å². The van der Waals surface area contributed by atoms with Crippen LogP contribution in [0.4, 0.5) is 23.1 Å². The maximum atomic E-state index is 13.1. The minimum atomic E-state index is -0.237. The topological polar surface area (TPSA) is 112 Å². The van der Waals surface area contributed by atoms with Crippen molar-refractivity contribution in [3.05, 3.63) is 95.8 Å². The maximum Gasteiger partial charge on any atom is 0.255 e. The van der Waals surface area contributed by atoms with Gasteiger partial charge in [0.1, 0.15) is 11.6 Å². The van der Waals surface area contributed by atoms with E-state index in [1.165, 1.54) is 0 Å². The molecule has 1 aliphatic heterocycles. The smallest absolute Gasteiger partial charge is 0.255 e. The van der Waals surface area contributed by atoms with Crippen molar-refractivity contribution in [3.8, 4) is 16.9 Å². The molecule has 41 heavy (non-hydrogen) atoms. The number of nitrogens with one attached hydrogen (secondary N) is 2. The largest absolute Gasteiger partial charge is 0.507 e. The molecule has 0 unspecified atom stereocenters. The quantitative estimate of drug-likeness (QED) is 0.243. The van der Waals surface area contributed by atoms with E-state index < -0.39 is 0 Å². The van der Waals surface area contributed by atoms with Gasteiger partial charge in [-0.05, 0) is 60.9 Å². The summed E-state index contributed by atoms with van der Waals surface area (Å²) in [4.78, 5) is 28.7. The third-order valence-corrected chi connectivity index (χ3v) is 7.19. The number of aromatic hydroxyl groups is 1. The standard InChI is InChI=1S/C32H30N6O3/c1-20-5-3-6-21(2)30(20)37-32-34-19-24-16-26(28(39)18-27(24)36-32)22-7-4-8-25(15-22)35-31(40)23-9-10-33-29(17-23)38-11-13-41-14-12-38/h3-10,15-19,39H,11-14H2,1-2H3,(H,35,40)(H,34,36,37). The van der Waals surface area contributed by atoms with E-state index in [0.717, 1.165) is 46.7 Å². The van der Waals surface area contributed by atoms with Gasteiger partial charge in [0.25, 0.3) is 5.91 Å². The number of hydrogen-bond donors (Lipinski definition) is 3. The van der Waals surface area contributed by atoms with Gasteiger partial charge in [0.2, 0.25) is 5.95 Å². The van der Waals surface area contributed by atoms with Gasteiger partial charge in [-0.1, -0.05) is 30.3 Å². The lowest BCUT2D eigenvalue weighted by Crippen LogP contribution is -2.36. The number of nitrogens with zero attached hydrogens (tertiary/aromatic N) is 4. The van der Waals surface area contributed by atoms with Crippen LogP contribution in [0.5, 0.6) is 5.75 Å². The molecule has 3 N–H and O–H groups in total. The minimum Gasteiger partial charge on any atom is -0.507 e. The number of ether oxygens (including phenoxy) is 1. The highest BCUT2D eigenvalue weighted by molar-refractivity contribution is 6.05. The van der Waals surface area contributed by atoms with Gasteiger partial charge in [-0.3, -0.25) is 4.79 Å². The zero-order valence-electron chi connectivity index (χ0n) is 22.9. The molecule has 1 aliphatic rings. The van der Waals surface area contributed by atoms with Crippen LogP contribution in [0.2, 0.25) is 0 Å². The number of morpholine rings is 1. The molecule has 0 aliphatic carbocycles. The Kier molecular flexibility index (Phi) is 7.18. The Hall–Kier alpha value is -5.02. The lowest BCUT2D eigenvalue weighted by Gasteiger charge is -2.27. The number of para-hydroxylation sites is 1. The van der Waals surface area contributed by atoms with E-state index in [4.69, 9.17) is 4.74 Å². The number of fused-ring (bicyclic) bond motifs is 1. The van der Waals surface area contributed by atoms with E-state index in [9.17, 15) is 9.90 Å². The number of carbonyl (C=O) groups excluding carboxylic acids is 1. The van der Waals surface area contributed by atoms with Crippen LogP contribution >= 0.6 is 0 Å². The lowest BCUT2D eigenvalue weighted by atomic mass is 10.0. The van der Waals surface area contributed by atoms with E-state index in [2.05, 4.69) is 30.5 Å². The summed E-state index contributed by atoms with van der Waals surface area (Å²) in [6.07, 6.45) is 3.39. The molecule has 0 bridgehead atoms. The fourth-order valence-corrected chi connectivity index (χ4v) is 4.98. The highest BCUT2D eigenvalue weighted by atomic mass is 16.5. The summed E-state index contributed by atoms with van der Waals surface area (Å²) in [5, 5.41) is 18.0. The predicted octanol–water partition coefficient (Wildman–Crippen LogP) is 5.85. The van der Waals surface area contributed by atoms with Crippen LogP contribution < -0.4 is 15.5 Å². The number of anilines is 4. The number of phenols is 1. The van der Waals surface area contributed by atoms with E-state index >= 15 is 0 Å². The predicted molar refractivity (Wildman–Crippen MR) is 161 cm³/mol. The van der Waals surface area contributed by atoms with Crippen molar-refractivity contribution in [3.63, 3.8) is 0 Å². The van der Waals surface area contributed by atoms with Gasteiger partial charge in [0.15, 0.2) is 0 Å². The molecule has 9 nitrogen and oxygen atoms in total. The van der Waals surface area contributed by atoms with Crippen molar-refractivity contribution < 1.29 is 14.6 Å². The highest BCUT2D eigenvalue weighted by Crippen LogP contribution is 2.34. The number of hydrogen-bond acceptors (Lipinski definition) is 8. The molecule has 5 aromatic rings. The van der Waals surface area contributed by atoms with Crippen LogP contribution in [0.15, 0.2) is 79.1 Å². The minimum absolute atomic E-state index is 0.0852. The third kappa shape index (κ3) is 5.66. The Morgan fingerprint density at radius 1 is 0.951 bits per heavy atom. The van der Waals surface area contributed by atoms with E-state index in [0.29, 0.717) is 41.5 Å². The van der Waals surface area contributed by atoms with Crippen molar-refractivity contribution >= 4 is 40.0 Å². The summed E-state index contributed by atoms with van der Waals surface area (Å²) in [5.74, 6) is 1.06. The Bertz CT molecular complexity index is 1730. The molecule has 1 fully saturated rings. The summed E-state index contributed by atoms with van der Waals surface area (Å²) in [5.41, 5.74) is 6.28. The van der Waals surface area contributed by atoms with Gasteiger partial charge in [-0.25, -0.2) is 15.0 Å². The first-order valence-electron chi connectivity index (χ1n) is 13.5. The second-order valence-corrected chi connectivity index (χ2v) is 10.1. The van der Waals surface area contributed by atoms with Gasteiger partial charge in [-0.2, -0.15) is 0 Å². The number of carbonyl (C=O) groups is 1. The normalized spacial score (nSPS) is 13.3. The van der Waals surface area contributed by atoms with Gasteiger partial charge in [0.05, 0.1) is 18.7 Å². The lowest BCUT2D eigenvalue weighted by molar-refractivity contribution is 0.102. The molecular weight excluding hydrogens is 516 g/mol. The van der Waals surface area contributed by atoms with Crippen LogP contribution in [0.25, 0.3) is 22.0 Å². The first-order chi connectivity index (χ1) is 19.9. The zero-order chi connectivity index (χ0) is 28.3. The van der Waals surface area contributed by atoms with Crippen LogP contribution in [0, 0.1) is 13.8 Å². The molecule has 0 radical (unpaired) electrons. The van der Waals surface area contributed by atoms with Crippen LogP contribution in [-0.4, -0.2) is 52.3 Å². The summed E-state index contributed by atoms with van der Waals surface area (Å²) in [7, 11) is 0. The number of aromatic nitrogens is 3. The second-order valence-electron chi connectivity index (χ2n) is 10.1. The number of rotatable bonds is 6. The van der Waals surface area contributed by atoms with Gasteiger partial charge >= 0.3 is 0 Å². The van der Waals surface area contributed by atoms with E-state index in [-0.39, 0.29) is 11.7 Å². The molecule has 9 heteroatoms. The Balaban J connectivity index is 1.22. The molecule has 0 spiro atoms. The summed E-state index contributed by atoms with van der Waals surface area (Å²) in [6, 6.07) is 20.4. The van der Waals surface area contributed by atoms with Crippen molar-refractivity contribution in [1.29, 1.82) is 0 Å². The average molecular weight is 547 g/mol. The third-order valence-electron chi connectivity index (χ3n) is 7.19. The monoisotopic (exact) mass is 546 g/mol. The van der Waals surface area contributed by atoms with Crippen molar-refractivity contribution in [1.82, 2.24) is 15.0 Å². The molecule has 1 saturated heterocycles.